The molecule has 2 aromatic rings. The summed E-state index contributed by atoms with van der Waals surface area (Å²) in [5.74, 6) is 0.399. The minimum absolute atomic E-state index is 0.203. The van der Waals surface area contributed by atoms with Crippen molar-refractivity contribution in [2.45, 2.75) is 0 Å². The Morgan fingerprint density at radius 3 is 2.37 bits per heavy atom. The first kappa shape index (κ1) is 21.9. The number of thiocarbonyl (C=S) groups is 1. The van der Waals surface area contributed by atoms with Crippen LogP contribution in [0.25, 0.3) is 6.08 Å². The normalized spacial score (nSPS) is 14.8. The molecule has 1 heterocycles. The highest BCUT2D eigenvalue weighted by atomic mass is 35.5. The van der Waals surface area contributed by atoms with Gasteiger partial charge in [0.25, 0.3) is 11.8 Å². The molecule has 1 fully saturated rings. The number of hydrazine groups is 1. The predicted molar refractivity (Wildman–Crippen MR) is 120 cm³/mol. The second-order valence-corrected chi connectivity index (χ2v) is 8.04. The number of ether oxygens (including phenoxy) is 3. The largest absolute Gasteiger partial charge is 0.493 e. The zero-order chi connectivity index (χ0) is 21.8. The summed E-state index contributed by atoms with van der Waals surface area (Å²) < 4.78 is 16.2. The molecule has 1 saturated heterocycles. The Kier molecular flexibility index (Phi) is 6.86. The van der Waals surface area contributed by atoms with E-state index in [1.54, 1.807) is 36.4 Å². The Hall–Kier alpha value is -2.75. The zero-order valence-corrected chi connectivity index (χ0v) is 18.6. The van der Waals surface area contributed by atoms with Gasteiger partial charge in [0.1, 0.15) is 0 Å². The van der Waals surface area contributed by atoms with Crippen molar-refractivity contribution < 1.29 is 23.8 Å². The number of carbonyl (C=O) groups excluding carboxylic acids is 2. The number of hydrogen-bond acceptors (Lipinski definition) is 7. The van der Waals surface area contributed by atoms with Gasteiger partial charge < -0.3 is 14.2 Å². The summed E-state index contributed by atoms with van der Waals surface area (Å²) in [7, 11) is 4.52. The molecule has 0 saturated carbocycles. The molecule has 2 aromatic carbocycles. The van der Waals surface area contributed by atoms with E-state index in [4.69, 9.17) is 38.0 Å². The van der Waals surface area contributed by atoms with Gasteiger partial charge in [-0.3, -0.25) is 15.0 Å². The van der Waals surface area contributed by atoms with Gasteiger partial charge in [-0.1, -0.05) is 29.4 Å². The number of amides is 2. The van der Waals surface area contributed by atoms with Gasteiger partial charge in [0, 0.05) is 10.6 Å². The van der Waals surface area contributed by atoms with E-state index in [1.807, 2.05) is 0 Å². The molecule has 3 rings (SSSR count). The van der Waals surface area contributed by atoms with Crippen molar-refractivity contribution in [3.05, 3.63) is 57.5 Å². The van der Waals surface area contributed by atoms with Crippen LogP contribution in [-0.4, -0.2) is 42.5 Å². The molecule has 7 nitrogen and oxygen atoms in total. The van der Waals surface area contributed by atoms with Gasteiger partial charge in [-0.15, -0.1) is 0 Å². The van der Waals surface area contributed by atoms with Crippen LogP contribution >= 0.6 is 35.6 Å². The highest BCUT2D eigenvalue weighted by Crippen LogP contribution is 2.40. The fraction of sp³-hybridized carbons (Fsp3) is 0.150. The van der Waals surface area contributed by atoms with Crippen LogP contribution in [0.4, 0.5) is 0 Å². The van der Waals surface area contributed by atoms with E-state index in [0.29, 0.717) is 38.3 Å². The van der Waals surface area contributed by atoms with Gasteiger partial charge in [0.05, 0.1) is 26.2 Å². The first-order chi connectivity index (χ1) is 14.4. The highest BCUT2D eigenvalue weighted by Gasteiger charge is 2.34. The average molecular weight is 465 g/mol. The van der Waals surface area contributed by atoms with Crippen LogP contribution < -0.4 is 19.6 Å². The van der Waals surface area contributed by atoms with Crippen LogP contribution in [0.2, 0.25) is 5.02 Å². The van der Waals surface area contributed by atoms with Crippen LogP contribution in [0.3, 0.4) is 0 Å². The lowest BCUT2D eigenvalue weighted by molar-refractivity contribution is -0.123. The second kappa shape index (κ2) is 9.38. The van der Waals surface area contributed by atoms with Crippen molar-refractivity contribution in [1.29, 1.82) is 0 Å². The summed E-state index contributed by atoms with van der Waals surface area (Å²) in [5.41, 5.74) is 3.47. The van der Waals surface area contributed by atoms with E-state index >= 15 is 0 Å². The first-order valence-electron chi connectivity index (χ1n) is 8.52. The van der Waals surface area contributed by atoms with Gasteiger partial charge in [-0.25, -0.2) is 0 Å². The van der Waals surface area contributed by atoms with Crippen LogP contribution in [-0.2, 0) is 4.79 Å². The smallest absolute Gasteiger partial charge is 0.285 e. The van der Waals surface area contributed by atoms with Crippen molar-refractivity contribution in [2.75, 3.05) is 21.3 Å². The quantitative estimate of drug-likeness (QED) is 0.513. The van der Waals surface area contributed by atoms with E-state index in [-0.39, 0.29) is 4.32 Å². The molecular formula is C20H17ClN2O5S2. The maximum Gasteiger partial charge on any atom is 0.285 e. The number of thioether (sulfide) groups is 1. The summed E-state index contributed by atoms with van der Waals surface area (Å²) in [4.78, 5) is 25.6. The molecule has 0 aliphatic carbocycles. The van der Waals surface area contributed by atoms with Gasteiger partial charge >= 0.3 is 0 Å². The summed E-state index contributed by atoms with van der Waals surface area (Å²) in [6, 6.07) is 9.80. The van der Waals surface area contributed by atoms with Gasteiger partial charge in [-0.2, -0.15) is 5.01 Å². The van der Waals surface area contributed by atoms with Crippen molar-refractivity contribution in [3.63, 3.8) is 0 Å². The van der Waals surface area contributed by atoms with Gasteiger partial charge in [0.2, 0.25) is 5.75 Å². The van der Waals surface area contributed by atoms with Crippen LogP contribution in [0.15, 0.2) is 41.3 Å². The Bertz CT molecular complexity index is 1030. The van der Waals surface area contributed by atoms with Crippen LogP contribution in [0.5, 0.6) is 17.2 Å². The maximum absolute atomic E-state index is 12.8. The Morgan fingerprint density at radius 1 is 1.13 bits per heavy atom. The fourth-order valence-electron chi connectivity index (χ4n) is 2.70. The topological polar surface area (TPSA) is 77.1 Å². The lowest BCUT2D eigenvalue weighted by atomic mass is 10.1. The molecule has 0 atom stereocenters. The van der Waals surface area contributed by atoms with Gasteiger partial charge in [0.15, 0.2) is 15.8 Å². The molecule has 30 heavy (non-hydrogen) atoms. The molecule has 0 unspecified atom stereocenters. The first-order valence-corrected chi connectivity index (χ1v) is 10.1. The molecular weight excluding hydrogens is 448 g/mol. The van der Waals surface area contributed by atoms with E-state index in [9.17, 15) is 9.59 Å². The van der Waals surface area contributed by atoms with Crippen LogP contribution in [0, 0.1) is 0 Å². The van der Waals surface area contributed by atoms with E-state index in [0.717, 1.165) is 16.8 Å². The average Bonchev–Trinajstić information content (AvgIpc) is 3.00. The molecule has 10 heteroatoms. The fourth-order valence-corrected chi connectivity index (χ4v) is 4.07. The lowest BCUT2D eigenvalue weighted by Crippen LogP contribution is -2.44. The summed E-state index contributed by atoms with van der Waals surface area (Å²) >= 11 is 12.2. The molecule has 156 valence electrons. The number of benzene rings is 2. The molecule has 2 amide bonds. The Labute approximate surface area is 187 Å². The van der Waals surface area contributed by atoms with Crippen molar-refractivity contribution >= 4 is 57.8 Å². The molecule has 1 N–H and O–H groups in total. The summed E-state index contributed by atoms with van der Waals surface area (Å²) in [6.07, 6.45) is 1.63. The van der Waals surface area contributed by atoms with Crippen molar-refractivity contribution in [1.82, 2.24) is 10.4 Å². The Morgan fingerprint density at radius 2 is 1.80 bits per heavy atom. The molecule has 1 aliphatic rings. The standard InChI is InChI=1S/C20H17ClN2O5S2/c1-26-14-7-11(8-15(27-2)17(14)28-3)9-16-19(25)23(20(29)30-16)22-18(24)12-5-4-6-13(21)10-12/h4-10H,1-3H3,(H,22,24). The molecule has 0 spiro atoms. The van der Waals surface area contributed by atoms with Gasteiger partial charge in [-0.05, 0) is 54.2 Å². The number of carbonyl (C=O) groups is 2. The van der Waals surface area contributed by atoms with Crippen LogP contribution in [0.1, 0.15) is 15.9 Å². The zero-order valence-electron chi connectivity index (χ0n) is 16.2. The summed E-state index contributed by atoms with van der Waals surface area (Å²) in [6.45, 7) is 0. The van der Waals surface area contributed by atoms with E-state index in [1.165, 1.54) is 27.4 Å². The SMILES string of the molecule is COc1cc(C=C2SC(=S)N(NC(=O)c3cccc(Cl)c3)C2=O)cc(OC)c1OC. The maximum atomic E-state index is 12.8. The third-order valence-corrected chi connectivity index (χ3v) is 5.62. The molecule has 0 aromatic heterocycles. The summed E-state index contributed by atoms with van der Waals surface area (Å²) in [5, 5.41) is 1.45. The lowest BCUT2D eigenvalue weighted by Gasteiger charge is -2.15. The number of methoxy groups -OCH3 is 3. The predicted octanol–water partition coefficient (Wildman–Crippen LogP) is 3.91. The minimum atomic E-state index is -0.497. The number of hydrogen-bond donors (Lipinski definition) is 1. The molecule has 0 bridgehead atoms. The third kappa shape index (κ3) is 4.53. The third-order valence-electron chi connectivity index (χ3n) is 4.08. The molecule has 0 radical (unpaired) electrons. The number of rotatable bonds is 6. The monoisotopic (exact) mass is 464 g/mol. The molecule has 1 aliphatic heterocycles. The number of halogens is 1. The minimum Gasteiger partial charge on any atom is -0.493 e. The van der Waals surface area contributed by atoms with E-state index < -0.39 is 11.8 Å². The Balaban J connectivity index is 1.85. The second-order valence-electron chi connectivity index (χ2n) is 5.93. The van der Waals surface area contributed by atoms with E-state index in [2.05, 4.69) is 5.43 Å². The number of nitrogens with one attached hydrogen (secondary N) is 1. The van der Waals surface area contributed by atoms with Crippen molar-refractivity contribution in [2.24, 2.45) is 0 Å². The van der Waals surface area contributed by atoms with Crippen molar-refractivity contribution in [3.8, 4) is 17.2 Å². The number of nitrogens with zero attached hydrogens (tertiary/aromatic N) is 1. The highest BCUT2D eigenvalue weighted by molar-refractivity contribution is 8.26.